The van der Waals surface area contributed by atoms with Crippen LogP contribution in [-0.2, 0) is 21.5 Å². The molecule has 122 valence electrons. The molecule has 1 aromatic carbocycles. The smallest absolute Gasteiger partial charge is 0.307 e. The molecule has 1 aliphatic rings. The van der Waals surface area contributed by atoms with Crippen LogP contribution in [0, 0.1) is 5.92 Å². The van der Waals surface area contributed by atoms with Gasteiger partial charge >= 0.3 is 5.97 Å². The molecule has 6 nitrogen and oxygen atoms in total. The molecule has 0 aliphatic carbocycles. The molecule has 0 saturated carbocycles. The van der Waals surface area contributed by atoms with Gasteiger partial charge < -0.3 is 5.11 Å². The zero-order valence-corrected chi connectivity index (χ0v) is 13.5. The van der Waals surface area contributed by atoms with Crippen LogP contribution >= 0.6 is 0 Å². The third-order valence-electron chi connectivity index (χ3n) is 3.94. The van der Waals surface area contributed by atoms with Crippen LogP contribution in [0.1, 0.15) is 25.3 Å². The number of nitrogens with zero attached hydrogens (tertiary/aromatic N) is 2. The van der Waals surface area contributed by atoms with E-state index in [9.17, 15) is 13.2 Å². The summed E-state index contributed by atoms with van der Waals surface area (Å²) >= 11 is 0. The van der Waals surface area contributed by atoms with E-state index in [1.807, 2.05) is 30.3 Å². The minimum Gasteiger partial charge on any atom is -0.481 e. The summed E-state index contributed by atoms with van der Waals surface area (Å²) in [6.45, 7) is 2.89. The number of hydrogen-bond donors (Lipinski definition) is 1. The van der Waals surface area contributed by atoms with Gasteiger partial charge in [0.1, 0.15) is 0 Å². The van der Waals surface area contributed by atoms with E-state index in [0.717, 1.165) is 5.56 Å². The van der Waals surface area contributed by atoms with Gasteiger partial charge in [-0.25, -0.2) is 0 Å². The number of carboxylic acids is 1. The lowest BCUT2D eigenvalue weighted by Gasteiger charge is -2.34. The Kier molecular flexibility index (Phi) is 5.55. The fraction of sp³-hybridized carbons (Fsp3) is 0.533. The lowest BCUT2D eigenvalue weighted by atomic mass is 10.0. The minimum absolute atomic E-state index is 0.0585. The Balaban J connectivity index is 2.14. The molecule has 1 heterocycles. The zero-order chi connectivity index (χ0) is 16.2. The lowest BCUT2D eigenvalue weighted by molar-refractivity contribution is -0.142. The van der Waals surface area contributed by atoms with Crippen molar-refractivity contribution in [2.45, 2.75) is 26.3 Å². The van der Waals surface area contributed by atoms with Crippen molar-refractivity contribution in [1.29, 1.82) is 0 Å². The fourth-order valence-electron chi connectivity index (χ4n) is 2.66. The first-order chi connectivity index (χ1) is 10.4. The Morgan fingerprint density at radius 3 is 2.64 bits per heavy atom. The van der Waals surface area contributed by atoms with Gasteiger partial charge in [-0.15, -0.1) is 0 Å². The van der Waals surface area contributed by atoms with Crippen molar-refractivity contribution in [2.24, 2.45) is 5.92 Å². The summed E-state index contributed by atoms with van der Waals surface area (Å²) in [6, 6.07) is 9.40. The summed E-state index contributed by atoms with van der Waals surface area (Å²) in [5, 5.41) is 9.12. The largest absolute Gasteiger partial charge is 0.481 e. The molecule has 1 saturated heterocycles. The van der Waals surface area contributed by atoms with Crippen molar-refractivity contribution in [2.75, 3.05) is 19.6 Å². The molecule has 1 aliphatic heterocycles. The quantitative estimate of drug-likeness (QED) is 0.860. The standard InChI is InChI=1S/C15H22N2O4S/c1-2-16(11-13-7-4-3-5-8-13)22(20,21)17-10-6-9-14(12-17)15(18)19/h3-5,7-8,14H,2,6,9-12H2,1H3,(H,18,19). The maximum absolute atomic E-state index is 12.7. The first-order valence-corrected chi connectivity index (χ1v) is 8.86. The van der Waals surface area contributed by atoms with Crippen molar-refractivity contribution in [1.82, 2.24) is 8.61 Å². The highest BCUT2D eigenvalue weighted by Crippen LogP contribution is 2.22. The molecule has 0 aromatic heterocycles. The van der Waals surface area contributed by atoms with E-state index in [4.69, 9.17) is 5.11 Å². The van der Waals surface area contributed by atoms with Gasteiger partial charge in [0.15, 0.2) is 0 Å². The maximum Gasteiger partial charge on any atom is 0.307 e. The van der Waals surface area contributed by atoms with Crippen LogP contribution in [0.3, 0.4) is 0 Å². The third kappa shape index (κ3) is 3.85. The Morgan fingerprint density at radius 1 is 1.36 bits per heavy atom. The van der Waals surface area contributed by atoms with Gasteiger partial charge in [-0.1, -0.05) is 37.3 Å². The molecule has 2 rings (SSSR count). The van der Waals surface area contributed by atoms with E-state index >= 15 is 0 Å². The van der Waals surface area contributed by atoms with Gasteiger partial charge in [0.25, 0.3) is 10.2 Å². The molecule has 0 spiro atoms. The highest BCUT2D eigenvalue weighted by Gasteiger charge is 2.35. The molecule has 0 radical (unpaired) electrons. The number of hydrogen-bond acceptors (Lipinski definition) is 3. The predicted octanol–water partition coefficient (Wildman–Crippen LogP) is 1.55. The van der Waals surface area contributed by atoms with Gasteiger partial charge in [0.2, 0.25) is 0 Å². The van der Waals surface area contributed by atoms with Gasteiger partial charge in [0.05, 0.1) is 5.92 Å². The van der Waals surface area contributed by atoms with Gasteiger partial charge in [-0.2, -0.15) is 17.0 Å². The third-order valence-corrected chi connectivity index (χ3v) is 5.96. The molecule has 7 heteroatoms. The maximum atomic E-state index is 12.7. The second-order valence-electron chi connectivity index (χ2n) is 5.45. The molecule has 1 atom stereocenters. The Bertz CT molecular complexity index is 603. The van der Waals surface area contributed by atoms with E-state index in [0.29, 0.717) is 32.5 Å². The molecular weight excluding hydrogens is 304 g/mol. The summed E-state index contributed by atoms with van der Waals surface area (Å²) in [7, 11) is -3.64. The molecule has 0 bridgehead atoms. The summed E-state index contributed by atoms with van der Waals surface area (Å²) in [4.78, 5) is 11.1. The molecule has 1 unspecified atom stereocenters. The zero-order valence-electron chi connectivity index (χ0n) is 12.7. The van der Waals surface area contributed by atoms with Gasteiger partial charge in [-0.3, -0.25) is 4.79 Å². The van der Waals surface area contributed by atoms with Gasteiger partial charge in [-0.05, 0) is 18.4 Å². The summed E-state index contributed by atoms with van der Waals surface area (Å²) in [6.07, 6.45) is 1.12. The van der Waals surface area contributed by atoms with Crippen molar-refractivity contribution in [3.05, 3.63) is 35.9 Å². The average molecular weight is 326 g/mol. The summed E-state index contributed by atoms with van der Waals surface area (Å²) in [5.74, 6) is -1.54. The number of benzene rings is 1. The second kappa shape index (κ2) is 7.21. The number of aliphatic carboxylic acids is 1. The SMILES string of the molecule is CCN(Cc1ccccc1)S(=O)(=O)N1CCCC(C(=O)O)C1. The molecule has 1 aromatic rings. The lowest BCUT2D eigenvalue weighted by Crippen LogP contribution is -2.48. The predicted molar refractivity (Wildman–Crippen MR) is 83.4 cm³/mol. The Labute approximate surface area is 131 Å². The summed E-state index contributed by atoms with van der Waals surface area (Å²) in [5.41, 5.74) is 0.916. The van der Waals surface area contributed by atoms with Crippen LogP contribution in [0.4, 0.5) is 0 Å². The van der Waals surface area contributed by atoms with E-state index in [2.05, 4.69) is 0 Å². The Hall–Kier alpha value is -1.44. The van der Waals surface area contributed by atoms with E-state index in [-0.39, 0.29) is 6.54 Å². The molecule has 1 N–H and O–H groups in total. The highest BCUT2D eigenvalue weighted by atomic mass is 32.2. The van der Waals surface area contributed by atoms with Crippen LogP contribution in [0.5, 0.6) is 0 Å². The molecule has 1 fully saturated rings. The van der Waals surface area contributed by atoms with Gasteiger partial charge in [0, 0.05) is 26.2 Å². The highest BCUT2D eigenvalue weighted by molar-refractivity contribution is 7.86. The number of rotatable bonds is 6. The summed E-state index contributed by atoms with van der Waals surface area (Å²) < 4.78 is 28.2. The molecule has 22 heavy (non-hydrogen) atoms. The van der Waals surface area contributed by atoms with E-state index in [1.165, 1.54) is 8.61 Å². The monoisotopic (exact) mass is 326 g/mol. The number of carboxylic acid groups (broad SMARTS) is 1. The van der Waals surface area contributed by atoms with E-state index < -0.39 is 22.1 Å². The average Bonchev–Trinajstić information content (AvgIpc) is 2.53. The number of piperidine rings is 1. The van der Waals surface area contributed by atoms with Crippen LogP contribution < -0.4 is 0 Å². The van der Waals surface area contributed by atoms with Crippen LogP contribution in [-0.4, -0.2) is 47.7 Å². The Morgan fingerprint density at radius 2 is 2.05 bits per heavy atom. The topological polar surface area (TPSA) is 77.9 Å². The van der Waals surface area contributed by atoms with Crippen molar-refractivity contribution < 1.29 is 18.3 Å². The normalized spacial score (nSPS) is 20.2. The first kappa shape index (κ1) is 16.9. The fourth-order valence-corrected chi connectivity index (χ4v) is 4.35. The van der Waals surface area contributed by atoms with Crippen molar-refractivity contribution in [3.8, 4) is 0 Å². The van der Waals surface area contributed by atoms with Crippen LogP contribution in [0.2, 0.25) is 0 Å². The van der Waals surface area contributed by atoms with E-state index in [1.54, 1.807) is 6.92 Å². The molecular formula is C15H22N2O4S. The minimum atomic E-state index is -3.64. The van der Waals surface area contributed by atoms with Crippen molar-refractivity contribution in [3.63, 3.8) is 0 Å². The number of carbonyl (C=O) groups is 1. The van der Waals surface area contributed by atoms with Crippen LogP contribution in [0.15, 0.2) is 30.3 Å². The van der Waals surface area contributed by atoms with Crippen molar-refractivity contribution >= 4 is 16.2 Å². The first-order valence-electron chi connectivity index (χ1n) is 7.47. The molecule has 0 amide bonds. The van der Waals surface area contributed by atoms with Crippen LogP contribution in [0.25, 0.3) is 0 Å². The second-order valence-corrected chi connectivity index (χ2v) is 7.38.